The fourth-order valence-electron chi connectivity index (χ4n) is 0.863. The van der Waals surface area contributed by atoms with Crippen molar-refractivity contribution >= 4 is 11.4 Å². The third-order valence-electron chi connectivity index (χ3n) is 1.55. The van der Waals surface area contributed by atoms with Crippen molar-refractivity contribution in [3.63, 3.8) is 0 Å². The van der Waals surface area contributed by atoms with Crippen LogP contribution in [-0.2, 0) is 6.18 Å². The maximum absolute atomic E-state index is 12.1. The van der Waals surface area contributed by atoms with Gasteiger partial charge in [0.25, 0.3) is 0 Å². The van der Waals surface area contributed by atoms with E-state index in [1.165, 1.54) is 0 Å². The van der Waals surface area contributed by atoms with E-state index in [9.17, 15) is 13.2 Å². The van der Waals surface area contributed by atoms with Crippen molar-refractivity contribution in [2.24, 2.45) is 0 Å². The Hall–Kier alpha value is -1.27. The van der Waals surface area contributed by atoms with Crippen LogP contribution < -0.4 is 11.2 Å². The summed E-state index contributed by atoms with van der Waals surface area (Å²) in [5.74, 6) is 0. The molecule has 72 valence electrons. The normalized spacial score (nSPS) is 11.7. The van der Waals surface area contributed by atoms with Crippen molar-refractivity contribution in [2.45, 2.75) is 6.18 Å². The summed E-state index contributed by atoms with van der Waals surface area (Å²) in [5, 5.41) is 8.54. The second kappa shape index (κ2) is 3.23. The standard InChI is InChI=1S/C7H7F3N2O/c8-7(9,10)4-1-2-5(11)6(3-4)12-13/h1-3,12-13H,11H2/p+1. The smallest absolute Gasteiger partial charge is 0.394 e. The molecule has 6 heteroatoms. The number of rotatable bonds is 1. The first-order valence-electron chi connectivity index (χ1n) is 3.39. The molecule has 1 rings (SSSR count). The van der Waals surface area contributed by atoms with Gasteiger partial charge in [-0.05, 0) is 12.1 Å². The molecule has 0 heterocycles. The number of nitrogen functional groups attached to an aromatic ring is 1. The summed E-state index contributed by atoms with van der Waals surface area (Å²) < 4.78 is 36.3. The Morgan fingerprint density at radius 1 is 1.31 bits per heavy atom. The van der Waals surface area contributed by atoms with Crippen LogP contribution in [0.15, 0.2) is 18.2 Å². The lowest BCUT2D eigenvalue weighted by atomic mass is 10.2. The van der Waals surface area contributed by atoms with E-state index >= 15 is 0 Å². The van der Waals surface area contributed by atoms with Gasteiger partial charge in [0.1, 0.15) is 0 Å². The minimum absolute atomic E-state index is 0.0326. The van der Waals surface area contributed by atoms with Crippen molar-refractivity contribution < 1.29 is 23.9 Å². The summed E-state index contributed by atoms with van der Waals surface area (Å²) in [7, 11) is 0. The number of nitrogens with two attached hydrogens (primary N) is 2. The lowest BCUT2D eigenvalue weighted by molar-refractivity contribution is -0.825. The molecule has 0 spiro atoms. The third-order valence-corrected chi connectivity index (χ3v) is 1.55. The highest BCUT2D eigenvalue weighted by atomic mass is 19.4. The molecule has 0 aromatic heterocycles. The van der Waals surface area contributed by atoms with Crippen molar-refractivity contribution in [3.05, 3.63) is 23.8 Å². The molecule has 0 saturated carbocycles. The first-order valence-corrected chi connectivity index (χ1v) is 3.39. The van der Waals surface area contributed by atoms with Crippen LogP contribution in [0, 0.1) is 0 Å². The topological polar surface area (TPSA) is 62.9 Å². The highest BCUT2D eigenvalue weighted by Crippen LogP contribution is 2.31. The quantitative estimate of drug-likeness (QED) is 0.457. The average Bonchev–Trinajstić information content (AvgIpc) is 2.03. The average molecular weight is 193 g/mol. The zero-order chi connectivity index (χ0) is 10.1. The van der Waals surface area contributed by atoms with E-state index in [4.69, 9.17) is 10.9 Å². The highest BCUT2D eigenvalue weighted by molar-refractivity contribution is 5.58. The van der Waals surface area contributed by atoms with Gasteiger partial charge >= 0.3 is 6.18 Å². The summed E-state index contributed by atoms with van der Waals surface area (Å²) in [6.07, 6.45) is -4.41. The molecule has 0 atom stereocenters. The van der Waals surface area contributed by atoms with Crippen LogP contribution >= 0.6 is 0 Å². The number of hydrogen-bond acceptors (Lipinski definition) is 2. The Labute approximate surface area is 71.9 Å². The second-order valence-corrected chi connectivity index (χ2v) is 2.47. The molecule has 3 nitrogen and oxygen atoms in total. The molecule has 0 radical (unpaired) electrons. The van der Waals surface area contributed by atoms with Gasteiger partial charge in [-0.15, -0.1) is 0 Å². The minimum atomic E-state index is -4.41. The van der Waals surface area contributed by atoms with Gasteiger partial charge in [-0.1, -0.05) is 0 Å². The van der Waals surface area contributed by atoms with Gasteiger partial charge in [0.2, 0.25) is 0 Å². The molecular formula is C7H8F3N2O+. The maximum Gasteiger partial charge on any atom is 0.416 e. The molecule has 0 unspecified atom stereocenters. The molecule has 0 aliphatic rings. The molecule has 0 saturated heterocycles. The predicted octanol–water partition coefficient (Wildman–Crippen LogP) is 0.872. The van der Waals surface area contributed by atoms with E-state index in [1.807, 2.05) is 0 Å². The van der Waals surface area contributed by atoms with Gasteiger partial charge in [-0.25, -0.2) is 5.21 Å². The summed E-state index contributed by atoms with van der Waals surface area (Å²) in [5.41, 5.74) is 5.07. The maximum atomic E-state index is 12.1. The molecule has 0 aliphatic carbocycles. The van der Waals surface area contributed by atoms with Crippen molar-refractivity contribution in [3.8, 4) is 0 Å². The van der Waals surface area contributed by atoms with E-state index in [2.05, 4.69) is 0 Å². The number of benzene rings is 1. The largest absolute Gasteiger partial charge is 0.416 e. The number of quaternary nitrogens is 1. The van der Waals surface area contributed by atoms with Gasteiger partial charge < -0.3 is 5.73 Å². The predicted molar refractivity (Wildman–Crippen MR) is 39.2 cm³/mol. The minimum Gasteiger partial charge on any atom is -0.394 e. The van der Waals surface area contributed by atoms with Gasteiger partial charge in [0, 0.05) is 6.07 Å². The molecule has 13 heavy (non-hydrogen) atoms. The van der Waals surface area contributed by atoms with Gasteiger partial charge in [0.15, 0.2) is 5.69 Å². The van der Waals surface area contributed by atoms with Crippen molar-refractivity contribution in [1.29, 1.82) is 0 Å². The number of anilines is 1. The number of alkyl halides is 3. The van der Waals surface area contributed by atoms with E-state index < -0.39 is 11.7 Å². The second-order valence-electron chi connectivity index (χ2n) is 2.47. The third kappa shape index (κ3) is 2.10. The summed E-state index contributed by atoms with van der Waals surface area (Å²) in [6.45, 7) is 0. The van der Waals surface area contributed by atoms with Crippen molar-refractivity contribution in [1.82, 2.24) is 0 Å². The molecular weight excluding hydrogens is 185 g/mol. The Balaban J connectivity index is 3.14. The SMILES string of the molecule is Nc1ccc(C(F)(F)F)cc1[NH2+]O. The first-order chi connectivity index (χ1) is 5.95. The molecule has 0 fully saturated rings. The zero-order valence-corrected chi connectivity index (χ0v) is 6.47. The first kappa shape index (κ1) is 9.82. The monoisotopic (exact) mass is 193 g/mol. The number of halogens is 3. The highest BCUT2D eigenvalue weighted by Gasteiger charge is 2.31. The van der Waals surface area contributed by atoms with E-state index in [1.54, 1.807) is 0 Å². The lowest BCUT2D eigenvalue weighted by Gasteiger charge is -2.07. The van der Waals surface area contributed by atoms with E-state index in [0.29, 0.717) is 5.48 Å². The molecule has 0 bridgehead atoms. The molecule has 1 aromatic rings. The van der Waals surface area contributed by atoms with Crippen LogP contribution in [0.4, 0.5) is 24.5 Å². The van der Waals surface area contributed by atoms with Crippen LogP contribution in [-0.4, -0.2) is 5.21 Å². The van der Waals surface area contributed by atoms with Gasteiger partial charge in [-0.3, -0.25) is 0 Å². The lowest BCUT2D eigenvalue weighted by Crippen LogP contribution is -2.74. The summed E-state index contributed by atoms with van der Waals surface area (Å²) >= 11 is 0. The van der Waals surface area contributed by atoms with Gasteiger partial charge in [-0.2, -0.15) is 18.7 Å². The number of hydrogen-bond donors (Lipinski definition) is 3. The zero-order valence-electron chi connectivity index (χ0n) is 6.47. The Morgan fingerprint density at radius 3 is 2.38 bits per heavy atom. The summed E-state index contributed by atoms with van der Waals surface area (Å²) in [6, 6.07) is 2.75. The Bertz CT molecular complexity index is 311. The summed E-state index contributed by atoms with van der Waals surface area (Å²) in [4.78, 5) is 0. The molecule has 0 amide bonds. The van der Waals surface area contributed by atoms with Crippen LogP contribution in [0.25, 0.3) is 0 Å². The van der Waals surface area contributed by atoms with Gasteiger partial charge in [0.05, 0.1) is 11.3 Å². The van der Waals surface area contributed by atoms with Crippen LogP contribution in [0.1, 0.15) is 5.56 Å². The van der Waals surface area contributed by atoms with Crippen LogP contribution in [0.5, 0.6) is 0 Å². The van der Waals surface area contributed by atoms with Crippen LogP contribution in [0.2, 0.25) is 0 Å². The molecule has 0 aliphatic heterocycles. The van der Waals surface area contributed by atoms with Crippen LogP contribution in [0.3, 0.4) is 0 Å². The fraction of sp³-hybridized carbons (Fsp3) is 0.143. The fourth-order valence-corrected chi connectivity index (χ4v) is 0.863. The Kier molecular flexibility index (Phi) is 2.44. The van der Waals surface area contributed by atoms with E-state index in [0.717, 1.165) is 18.2 Å². The van der Waals surface area contributed by atoms with E-state index in [-0.39, 0.29) is 11.4 Å². The van der Waals surface area contributed by atoms with Crippen molar-refractivity contribution in [2.75, 3.05) is 5.73 Å². The molecule has 1 aromatic carbocycles. The Morgan fingerprint density at radius 2 is 1.92 bits per heavy atom. The molecule has 5 N–H and O–H groups in total.